The third kappa shape index (κ3) is 3.32. The zero-order chi connectivity index (χ0) is 12.3. The minimum atomic E-state index is 0.714. The Bertz CT molecular complexity index is 345. The Kier molecular flexibility index (Phi) is 4.21. The molecule has 0 radical (unpaired) electrons. The number of hydrogen-bond donors (Lipinski definition) is 1. The van der Waals surface area contributed by atoms with Crippen LogP contribution in [-0.4, -0.2) is 22.1 Å². The first-order valence-electron chi connectivity index (χ1n) is 6.86. The predicted octanol–water partition coefficient (Wildman–Crippen LogP) is 2.38. The first-order chi connectivity index (χ1) is 8.16. The highest BCUT2D eigenvalue weighted by molar-refractivity contribution is 4.92. The van der Waals surface area contributed by atoms with E-state index in [2.05, 4.69) is 35.8 Å². The fraction of sp³-hybridized carbons (Fsp3) is 0.786. The standard InChI is InChI=1S/C14H25N3/c1-11-4-5-13(12(2)10-11)15-7-6-14-16-8-9-17(14)3/h8-9,11-13,15H,4-7,10H2,1-3H3. The topological polar surface area (TPSA) is 29.9 Å². The molecule has 0 spiro atoms. The fourth-order valence-electron chi connectivity index (χ4n) is 2.98. The van der Waals surface area contributed by atoms with Gasteiger partial charge in [0, 0.05) is 38.4 Å². The van der Waals surface area contributed by atoms with Crippen LogP contribution in [0, 0.1) is 11.8 Å². The predicted molar refractivity (Wildman–Crippen MR) is 70.9 cm³/mol. The second-order valence-corrected chi connectivity index (χ2v) is 5.66. The Balaban J connectivity index is 1.73. The lowest BCUT2D eigenvalue weighted by Crippen LogP contribution is -2.40. The van der Waals surface area contributed by atoms with Gasteiger partial charge in [0.25, 0.3) is 0 Å². The van der Waals surface area contributed by atoms with Crippen molar-refractivity contribution in [3.8, 4) is 0 Å². The summed E-state index contributed by atoms with van der Waals surface area (Å²) in [5.41, 5.74) is 0. The number of nitrogens with one attached hydrogen (secondary N) is 1. The molecule has 1 aliphatic rings. The average molecular weight is 235 g/mol. The fourth-order valence-corrected chi connectivity index (χ4v) is 2.98. The first kappa shape index (κ1) is 12.6. The van der Waals surface area contributed by atoms with Crippen LogP contribution in [0.4, 0.5) is 0 Å². The van der Waals surface area contributed by atoms with E-state index in [1.165, 1.54) is 25.1 Å². The summed E-state index contributed by atoms with van der Waals surface area (Å²) in [6, 6.07) is 0.714. The maximum atomic E-state index is 4.35. The van der Waals surface area contributed by atoms with Gasteiger partial charge in [-0.1, -0.05) is 13.8 Å². The van der Waals surface area contributed by atoms with Crippen molar-refractivity contribution in [3.63, 3.8) is 0 Å². The number of hydrogen-bond acceptors (Lipinski definition) is 2. The zero-order valence-electron chi connectivity index (χ0n) is 11.3. The zero-order valence-corrected chi connectivity index (χ0v) is 11.3. The molecular formula is C14H25N3. The summed E-state index contributed by atoms with van der Waals surface area (Å²) in [4.78, 5) is 4.35. The summed E-state index contributed by atoms with van der Waals surface area (Å²) >= 11 is 0. The van der Waals surface area contributed by atoms with Crippen LogP contribution < -0.4 is 5.32 Å². The second-order valence-electron chi connectivity index (χ2n) is 5.66. The summed E-state index contributed by atoms with van der Waals surface area (Å²) in [7, 11) is 2.06. The molecule has 1 aromatic heterocycles. The van der Waals surface area contributed by atoms with E-state index in [1.807, 2.05) is 12.4 Å². The minimum absolute atomic E-state index is 0.714. The van der Waals surface area contributed by atoms with Crippen molar-refractivity contribution in [2.75, 3.05) is 6.54 Å². The number of aryl methyl sites for hydroxylation is 1. The summed E-state index contributed by atoms with van der Waals surface area (Å²) < 4.78 is 2.11. The summed E-state index contributed by atoms with van der Waals surface area (Å²) in [5.74, 6) is 2.91. The second kappa shape index (κ2) is 5.67. The van der Waals surface area contributed by atoms with Crippen LogP contribution in [0.5, 0.6) is 0 Å². The molecule has 0 aliphatic heterocycles. The normalized spacial score (nSPS) is 29.5. The van der Waals surface area contributed by atoms with Gasteiger partial charge < -0.3 is 9.88 Å². The van der Waals surface area contributed by atoms with E-state index in [-0.39, 0.29) is 0 Å². The van der Waals surface area contributed by atoms with Gasteiger partial charge in [0.2, 0.25) is 0 Å². The van der Waals surface area contributed by atoms with Gasteiger partial charge in [0.15, 0.2) is 0 Å². The molecule has 2 rings (SSSR count). The highest BCUT2D eigenvalue weighted by atomic mass is 15.0. The Labute approximate surface area is 105 Å². The van der Waals surface area contributed by atoms with Crippen LogP contribution in [0.25, 0.3) is 0 Å². The molecule has 3 nitrogen and oxygen atoms in total. The van der Waals surface area contributed by atoms with Crippen LogP contribution in [-0.2, 0) is 13.5 Å². The molecule has 1 fully saturated rings. The highest BCUT2D eigenvalue weighted by Gasteiger charge is 2.24. The smallest absolute Gasteiger partial charge is 0.109 e. The quantitative estimate of drug-likeness (QED) is 0.868. The third-order valence-electron chi connectivity index (χ3n) is 4.11. The number of nitrogens with zero attached hydrogens (tertiary/aromatic N) is 2. The van der Waals surface area contributed by atoms with Crippen molar-refractivity contribution in [1.82, 2.24) is 14.9 Å². The van der Waals surface area contributed by atoms with Crippen molar-refractivity contribution < 1.29 is 0 Å². The Morgan fingerprint density at radius 1 is 1.41 bits per heavy atom. The molecule has 96 valence electrons. The van der Waals surface area contributed by atoms with Gasteiger partial charge in [-0.25, -0.2) is 4.98 Å². The van der Waals surface area contributed by atoms with Crippen LogP contribution in [0.2, 0.25) is 0 Å². The van der Waals surface area contributed by atoms with Crippen molar-refractivity contribution in [2.24, 2.45) is 18.9 Å². The molecule has 1 aliphatic carbocycles. The van der Waals surface area contributed by atoms with Gasteiger partial charge in [-0.3, -0.25) is 0 Å². The molecule has 3 atom stereocenters. The summed E-state index contributed by atoms with van der Waals surface area (Å²) in [6.45, 7) is 5.81. The van der Waals surface area contributed by atoms with Crippen molar-refractivity contribution in [2.45, 2.75) is 45.6 Å². The molecule has 1 aromatic rings. The van der Waals surface area contributed by atoms with Crippen LogP contribution >= 0.6 is 0 Å². The minimum Gasteiger partial charge on any atom is -0.338 e. The average Bonchev–Trinajstić information content (AvgIpc) is 2.68. The van der Waals surface area contributed by atoms with Crippen LogP contribution in [0.15, 0.2) is 12.4 Å². The number of aromatic nitrogens is 2. The molecule has 1 saturated carbocycles. The van der Waals surface area contributed by atoms with Crippen molar-refractivity contribution in [3.05, 3.63) is 18.2 Å². The molecule has 17 heavy (non-hydrogen) atoms. The van der Waals surface area contributed by atoms with Gasteiger partial charge in [0.1, 0.15) is 5.82 Å². The Hall–Kier alpha value is -0.830. The molecule has 0 bridgehead atoms. The summed E-state index contributed by atoms with van der Waals surface area (Å²) in [6.07, 6.45) is 9.01. The lowest BCUT2D eigenvalue weighted by molar-refractivity contribution is 0.229. The first-order valence-corrected chi connectivity index (χ1v) is 6.86. The van der Waals surface area contributed by atoms with E-state index in [9.17, 15) is 0 Å². The van der Waals surface area contributed by atoms with Gasteiger partial charge in [-0.2, -0.15) is 0 Å². The van der Waals surface area contributed by atoms with Crippen LogP contribution in [0.1, 0.15) is 38.9 Å². The molecule has 1 heterocycles. The Morgan fingerprint density at radius 3 is 2.88 bits per heavy atom. The Morgan fingerprint density at radius 2 is 2.24 bits per heavy atom. The number of imidazole rings is 1. The molecule has 0 aromatic carbocycles. The van der Waals surface area contributed by atoms with E-state index >= 15 is 0 Å². The van der Waals surface area contributed by atoms with Crippen molar-refractivity contribution in [1.29, 1.82) is 0 Å². The summed E-state index contributed by atoms with van der Waals surface area (Å²) in [5, 5.41) is 3.70. The van der Waals surface area contributed by atoms with Gasteiger partial charge in [-0.05, 0) is 31.1 Å². The molecule has 3 heteroatoms. The SMILES string of the molecule is CC1CCC(NCCc2nccn2C)C(C)C1. The highest BCUT2D eigenvalue weighted by Crippen LogP contribution is 2.28. The number of rotatable bonds is 4. The molecular weight excluding hydrogens is 210 g/mol. The lowest BCUT2D eigenvalue weighted by atomic mass is 9.80. The van der Waals surface area contributed by atoms with E-state index < -0.39 is 0 Å². The molecule has 3 unspecified atom stereocenters. The molecule has 1 N–H and O–H groups in total. The van der Waals surface area contributed by atoms with Crippen molar-refractivity contribution >= 4 is 0 Å². The van der Waals surface area contributed by atoms with Gasteiger partial charge in [-0.15, -0.1) is 0 Å². The monoisotopic (exact) mass is 235 g/mol. The maximum absolute atomic E-state index is 4.35. The molecule has 0 amide bonds. The van der Waals surface area contributed by atoms with Gasteiger partial charge in [0.05, 0.1) is 0 Å². The van der Waals surface area contributed by atoms with Crippen LogP contribution in [0.3, 0.4) is 0 Å². The largest absolute Gasteiger partial charge is 0.338 e. The molecule has 0 saturated heterocycles. The van der Waals surface area contributed by atoms with E-state index in [0.29, 0.717) is 6.04 Å². The van der Waals surface area contributed by atoms with E-state index in [1.54, 1.807) is 0 Å². The van der Waals surface area contributed by atoms with E-state index in [4.69, 9.17) is 0 Å². The lowest BCUT2D eigenvalue weighted by Gasteiger charge is -2.33. The van der Waals surface area contributed by atoms with Gasteiger partial charge >= 0.3 is 0 Å². The third-order valence-corrected chi connectivity index (χ3v) is 4.11. The van der Waals surface area contributed by atoms with E-state index in [0.717, 1.165) is 24.8 Å². The maximum Gasteiger partial charge on any atom is 0.109 e.